The van der Waals surface area contributed by atoms with Crippen molar-refractivity contribution in [2.45, 2.75) is 24.5 Å². The maximum atomic E-state index is 14.6. The summed E-state index contributed by atoms with van der Waals surface area (Å²) in [5, 5.41) is 14.6. The van der Waals surface area contributed by atoms with Crippen LogP contribution in [-0.2, 0) is 22.9 Å². The lowest BCUT2D eigenvalue weighted by molar-refractivity contribution is -0.137. The fourth-order valence-electron chi connectivity index (χ4n) is 4.21. The second-order valence-corrected chi connectivity index (χ2v) is 8.76. The van der Waals surface area contributed by atoms with Gasteiger partial charge in [-0.05, 0) is 41.5 Å². The maximum absolute atomic E-state index is 14.6. The molecule has 10 heteroatoms. The van der Waals surface area contributed by atoms with Gasteiger partial charge in [0, 0.05) is 25.7 Å². The highest BCUT2D eigenvalue weighted by Gasteiger charge is 2.41. The number of halogens is 5. The smallest absolute Gasteiger partial charge is 0.379 e. The maximum Gasteiger partial charge on any atom is 0.416 e. The van der Waals surface area contributed by atoms with Crippen LogP contribution in [-0.4, -0.2) is 47.6 Å². The zero-order valence-corrected chi connectivity index (χ0v) is 19.4. The molecule has 0 amide bonds. The lowest BCUT2D eigenvalue weighted by Crippen LogP contribution is -2.59. The second kappa shape index (κ2) is 10.6. The van der Waals surface area contributed by atoms with E-state index in [1.165, 1.54) is 6.20 Å². The Balaban J connectivity index is 1.91. The highest BCUT2D eigenvalue weighted by atomic mass is 35.5. The summed E-state index contributed by atoms with van der Waals surface area (Å²) in [6, 6.07) is 14.5. The molecule has 4 rings (SSSR count). The van der Waals surface area contributed by atoms with Crippen molar-refractivity contribution < 1.29 is 27.4 Å². The molecule has 1 saturated heterocycles. The van der Waals surface area contributed by atoms with E-state index >= 15 is 0 Å². The van der Waals surface area contributed by atoms with Gasteiger partial charge in [0.15, 0.2) is 6.35 Å². The first-order valence-corrected chi connectivity index (χ1v) is 11.4. The number of hydrogen-bond donors (Lipinski definition) is 2. The minimum Gasteiger partial charge on any atom is -0.379 e. The summed E-state index contributed by atoms with van der Waals surface area (Å²) in [4.78, 5) is 6.09. The van der Waals surface area contributed by atoms with Crippen molar-refractivity contribution in [2.75, 3.05) is 26.3 Å². The van der Waals surface area contributed by atoms with Crippen LogP contribution in [0.4, 0.5) is 17.6 Å². The fourth-order valence-corrected chi connectivity index (χ4v) is 4.32. The van der Waals surface area contributed by atoms with E-state index < -0.39 is 29.4 Å². The van der Waals surface area contributed by atoms with Gasteiger partial charge in [0.2, 0.25) is 0 Å². The molecule has 0 radical (unpaired) electrons. The predicted molar refractivity (Wildman–Crippen MR) is 123 cm³/mol. The number of ether oxygens (including phenoxy) is 1. The Morgan fingerprint density at radius 2 is 1.71 bits per heavy atom. The molecule has 186 valence electrons. The lowest BCUT2D eigenvalue weighted by atomic mass is 9.79. The molecular weight excluding hydrogens is 486 g/mol. The van der Waals surface area contributed by atoms with Crippen molar-refractivity contribution in [3.05, 3.63) is 100 Å². The van der Waals surface area contributed by atoms with E-state index in [2.05, 4.69) is 10.3 Å². The summed E-state index contributed by atoms with van der Waals surface area (Å²) in [7, 11) is 0. The summed E-state index contributed by atoms with van der Waals surface area (Å²) in [6.07, 6.45) is -4.61. The highest BCUT2D eigenvalue weighted by Crippen LogP contribution is 2.38. The molecule has 3 aromatic rings. The third-order valence-corrected chi connectivity index (χ3v) is 6.19. The standard InChI is InChI=1S/C25H24ClF4N3O2/c26-20-6-7-22(31-16-20)24(15-17-4-2-1-3-5-17,32-23(34)33-8-10-35-11-9-33)18-12-19(25(28,29)30)14-21(27)13-18/h1-7,12-14,16,23,32,34H,8-11,15H2. The van der Waals surface area contributed by atoms with Crippen LogP contribution < -0.4 is 5.32 Å². The molecule has 2 unspecified atom stereocenters. The molecule has 1 fully saturated rings. The van der Waals surface area contributed by atoms with E-state index in [1.54, 1.807) is 41.3 Å². The number of benzene rings is 2. The first kappa shape index (κ1) is 25.5. The predicted octanol–water partition coefficient (Wildman–Crippen LogP) is 4.58. The minimum atomic E-state index is -4.77. The molecule has 1 aliphatic rings. The summed E-state index contributed by atoms with van der Waals surface area (Å²) < 4.78 is 61.0. The number of aliphatic hydroxyl groups excluding tert-OH is 1. The molecule has 2 aromatic carbocycles. The molecule has 0 spiro atoms. The van der Waals surface area contributed by atoms with Crippen molar-refractivity contribution in [3.8, 4) is 0 Å². The number of nitrogens with zero attached hydrogens (tertiary/aromatic N) is 2. The third-order valence-electron chi connectivity index (χ3n) is 5.96. The Bertz CT molecular complexity index is 1130. The first-order chi connectivity index (χ1) is 16.7. The van der Waals surface area contributed by atoms with Crippen molar-refractivity contribution in [3.63, 3.8) is 0 Å². The second-order valence-electron chi connectivity index (χ2n) is 8.32. The van der Waals surface area contributed by atoms with Gasteiger partial charge in [-0.2, -0.15) is 13.2 Å². The average molecular weight is 510 g/mol. The Morgan fingerprint density at radius 3 is 2.34 bits per heavy atom. The zero-order chi connectivity index (χ0) is 25.1. The van der Waals surface area contributed by atoms with E-state index in [9.17, 15) is 22.7 Å². The molecule has 2 N–H and O–H groups in total. The van der Waals surface area contributed by atoms with Gasteiger partial charge < -0.3 is 9.84 Å². The van der Waals surface area contributed by atoms with Crippen LogP contribution in [0.25, 0.3) is 0 Å². The van der Waals surface area contributed by atoms with Gasteiger partial charge in [-0.3, -0.25) is 15.2 Å². The Kier molecular flexibility index (Phi) is 7.73. The number of aromatic nitrogens is 1. The number of pyridine rings is 1. The Hall–Kier alpha value is -2.56. The summed E-state index contributed by atoms with van der Waals surface area (Å²) in [5.74, 6) is -1.05. The normalized spacial score (nSPS) is 17.7. The number of nitrogens with one attached hydrogen (secondary N) is 1. The van der Waals surface area contributed by atoms with E-state index in [4.69, 9.17) is 16.3 Å². The monoisotopic (exact) mass is 509 g/mol. The van der Waals surface area contributed by atoms with Crippen LogP contribution in [0.1, 0.15) is 22.4 Å². The lowest BCUT2D eigenvalue weighted by Gasteiger charge is -2.41. The number of hydrogen-bond acceptors (Lipinski definition) is 5. The quantitative estimate of drug-likeness (QED) is 0.361. The minimum absolute atomic E-state index is 0.0317. The van der Waals surface area contributed by atoms with E-state index in [0.717, 1.165) is 17.7 Å². The van der Waals surface area contributed by atoms with Crippen LogP contribution >= 0.6 is 11.6 Å². The van der Waals surface area contributed by atoms with E-state index in [0.29, 0.717) is 37.4 Å². The van der Waals surface area contributed by atoms with Crippen molar-refractivity contribution in [1.29, 1.82) is 0 Å². The van der Waals surface area contributed by atoms with Gasteiger partial charge in [0.05, 0.1) is 35.0 Å². The molecule has 0 aliphatic carbocycles. The van der Waals surface area contributed by atoms with Crippen molar-refractivity contribution in [1.82, 2.24) is 15.2 Å². The van der Waals surface area contributed by atoms with Gasteiger partial charge in [-0.15, -0.1) is 0 Å². The van der Waals surface area contributed by atoms with Gasteiger partial charge in [0.1, 0.15) is 5.82 Å². The summed E-state index contributed by atoms with van der Waals surface area (Å²) in [6.45, 7) is 1.59. The molecule has 2 heterocycles. The van der Waals surface area contributed by atoms with Crippen LogP contribution in [0.15, 0.2) is 66.9 Å². The average Bonchev–Trinajstić information content (AvgIpc) is 2.84. The van der Waals surface area contributed by atoms with Crippen LogP contribution in [0.2, 0.25) is 5.02 Å². The summed E-state index contributed by atoms with van der Waals surface area (Å²) in [5.41, 5.74) is -1.69. The molecule has 1 aliphatic heterocycles. The number of rotatable bonds is 7. The zero-order valence-electron chi connectivity index (χ0n) is 18.6. The summed E-state index contributed by atoms with van der Waals surface area (Å²) >= 11 is 6.04. The van der Waals surface area contributed by atoms with Crippen LogP contribution in [0.3, 0.4) is 0 Å². The molecular formula is C25H24ClF4N3O2. The van der Waals surface area contributed by atoms with Crippen LogP contribution in [0.5, 0.6) is 0 Å². The van der Waals surface area contributed by atoms with Crippen molar-refractivity contribution >= 4 is 11.6 Å². The molecule has 2 atom stereocenters. The Morgan fingerprint density at radius 1 is 1.03 bits per heavy atom. The molecule has 1 aromatic heterocycles. The number of aliphatic hydroxyl groups is 1. The fraction of sp³-hybridized carbons (Fsp3) is 0.320. The first-order valence-electron chi connectivity index (χ1n) is 11.0. The Labute approximate surface area is 205 Å². The molecule has 0 saturated carbocycles. The molecule has 35 heavy (non-hydrogen) atoms. The highest BCUT2D eigenvalue weighted by molar-refractivity contribution is 6.30. The largest absolute Gasteiger partial charge is 0.416 e. The molecule has 5 nitrogen and oxygen atoms in total. The van der Waals surface area contributed by atoms with E-state index in [-0.39, 0.29) is 17.7 Å². The van der Waals surface area contributed by atoms with Crippen molar-refractivity contribution in [2.24, 2.45) is 0 Å². The van der Waals surface area contributed by atoms with Gasteiger partial charge in [-0.1, -0.05) is 41.9 Å². The molecule has 0 bridgehead atoms. The third kappa shape index (κ3) is 5.99. The topological polar surface area (TPSA) is 57.6 Å². The van der Waals surface area contributed by atoms with Gasteiger partial charge in [0.25, 0.3) is 0 Å². The van der Waals surface area contributed by atoms with Gasteiger partial charge >= 0.3 is 6.18 Å². The SMILES string of the molecule is OC(NC(Cc1ccccc1)(c1cc(F)cc(C(F)(F)F)c1)c1ccc(Cl)cn1)N1CCOCC1. The number of alkyl halides is 3. The number of morpholine rings is 1. The van der Waals surface area contributed by atoms with E-state index in [1.807, 2.05) is 6.07 Å². The van der Waals surface area contributed by atoms with Crippen LogP contribution in [0, 0.1) is 5.82 Å². The van der Waals surface area contributed by atoms with Gasteiger partial charge in [-0.25, -0.2) is 4.39 Å².